The van der Waals surface area contributed by atoms with E-state index in [1.54, 1.807) is 48.7 Å². The highest BCUT2D eigenvalue weighted by Crippen LogP contribution is 2.27. The SMILES string of the molecule is COC(=O)c1ccccc1NC(=O)COc1ccc(C=NN=C(N)SCc2ccccc2)cc1OC. The number of carbonyl (C=O) groups excluding carboxylic acids is 2. The van der Waals surface area contributed by atoms with Gasteiger partial charge in [0, 0.05) is 5.75 Å². The van der Waals surface area contributed by atoms with Gasteiger partial charge in [0.2, 0.25) is 0 Å². The number of nitrogens with one attached hydrogen (secondary N) is 1. The first-order valence-electron chi connectivity index (χ1n) is 10.8. The van der Waals surface area contributed by atoms with Crippen molar-refractivity contribution in [1.29, 1.82) is 0 Å². The number of rotatable bonds is 10. The van der Waals surface area contributed by atoms with Gasteiger partial charge in [0.15, 0.2) is 23.3 Å². The van der Waals surface area contributed by atoms with Gasteiger partial charge in [-0.1, -0.05) is 54.2 Å². The van der Waals surface area contributed by atoms with Gasteiger partial charge in [0.05, 0.1) is 31.7 Å². The van der Waals surface area contributed by atoms with Gasteiger partial charge >= 0.3 is 5.97 Å². The lowest BCUT2D eigenvalue weighted by Gasteiger charge is -2.12. The summed E-state index contributed by atoms with van der Waals surface area (Å²) in [5.41, 5.74) is 8.35. The van der Waals surface area contributed by atoms with Crippen molar-refractivity contribution >= 4 is 40.7 Å². The van der Waals surface area contributed by atoms with Crippen LogP contribution in [0.4, 0.5) is 5.69 Å². The Morgan fingerprint density at radius 3 is 2.50 bits per heavy atom. The van der Waals surface area contributed by atoms with Crippen molar-refractivity contribution in [2.45, 2.75) is 5.75 Å². The largest absolute Gasteiger partial charge is 0.493 e. The monoisotopic (exact) mass is 506 g/mol. The lowest BCUT2D eigenvalue weighted by Crippen LogP contribution is -2.22. The molecule has 9 nitrogen and oxygen atoms in total. The van der Waals surface area contributed by atoms with Gasteiger partial charge in [-0.05, 0) is 41.5 Å². The fourth-order valence-electron chi connectivity index (χ4n) is 3.01. The summed E-state index contributed by atoms with van der Waals surface area (Å²) >= 11 is 1.39. The number of ether oxygens (including phenoxy) is 3. The highest BCUT2D eigenvalue weighted by Gasteiger charge is 2.14. The third kappa shape index (κ3) is 7.88. The molecule has 36 heavy (non-hydrogen) atoms. The van der Waals surface area contributed by atoms with Crippen LogP contribution >= 0.6 is 11.8 Å². The van der Waals surface area contributed by atoms with Gasteiger partial charge in [0.25, 0.3) is 5.91 Å². The van der Waals surface area contributed by atoms with Crippen molar-refractivity contribution in [2.75, 3.05) is 26.1 Å². The molecular weight excluding hydrogens is 480 g/mol. The van der Waals surface area contributed by atoms with Crippen molar-refractivity contribution in [2.24, 2.45) is 15.9 Å². The number of nitrogens with zero attached hydrogens (tertiary/aromatic N) is 2. The second-order valence-electron chi connectivity index (χ2n) is 7.24. The molecule has 0 spiro atoms. The Hall–Kier alpha value is -4.31. The van der Waals surface area contributed by atoms with Gasteiger partial charge in [-0.3, -0.25) is 4.79 Å². The number of methoxy groups -OCH3 is 2. The van der Waals surface area contributed by atoms with Gasteiger partial charge in [-0.15, -0.1) is 5.10 Å². The average molecular weight is 507 g/mol. The van der Waals surface area contributed by atoms with E-state index in [1.807, 2.05) is 30.3 Å². The average Bonchev–Trinajstić information content (AvgIpc) is 2.91. The van der Waals surface area contributed by atoms with Gasteiger partial charge in [-0.25, -0.2) is 4.79 Å². The molecule has 3 aromatic rings. The van der Waals surface area contributed by atoms with Crippen LogP contribution in [0, 0.1) is 0 Å². The second-order valence-corrected chi connectivity index (χ2v) is 8.24. The van der Waals surface area contributed by atoms with E-state index in [9.17, 15) is 9.59 Å². The highest BCUT2D eigenvalue weighted by molar-refractivity contribution is 8.13. The number of amides is 1. The summed E-state index contributed by atoms with van der Waals surface area (Å²) in [5.74, 6) is 0.487. The summed E-state index contributed by atoms with van der Waals surface area (Å²) in [6.45, 7) is -0.293. The van der Waals surface area contributed by atoms with Gasteiger partial charge in [-0.2, -0.15) is 5.10 Å². The molecule has 0 radical (unpaired) electrons. The van der Waals surface area contributed by atoms with Crippen molar-refractivity contribution in [3.63, 3.8) is 0 Å². The van der Waals surface area contributed by atoms with E-state index in [1.165, 1.54) is 26.0 Å². The summed E-state index contributed by atoms with van der Waals surface area (Å²) in [5, 5.41) is 11.0. The zero-order chi connectivity index (χ0) is 25.8. The maximum absolute atomic E-state index is 12.4. The lowest BCUT2D eigenvalue weighted by molar-refractivity contribution is -0.118. The number of amidine groups is 1. The molecule has 0 aromatic heterocycles. The van der Waals surface area contributed by atoms with Gasteiger partial charge < -0.3 is 25.3 Å². The van der Waals surface area contributed by atoms with E-state index in [0.29, 0.717) is 33.7 Å². The third-order valence-corrected chi connectivity index (χ3v) is 5.60. The molecule has 0 aliphatic heterocycles. The maximum atomic E-state index is 12.4. The third-order valence-electron chi connectivity index (χ3n) is 4.75. The molecule has 0 atom stereocenters. The Morgan fingerprint density at radius 1 is 1.00 bits per heavy atom. The van der Waals surface area contributed by atoms with Gasteiger partial charge in [0.1, 0.15) is 0 Å². The van der Waals surface area contributed by atoms with Crippen LogP contribution in [0.3, 0.4) is 0 Å². The molecule has 0 unspecified atom stereocenters. The number of carbonyl (C=O) groups is 2. The molecule has 3 N–H and O–H groups in total. The summed E-state index contributed by atoms with van der Waals surface area (Å²) < 4.78 is 15.7. The molecule has 0 saturated carbocycles. The first kappa shape index (κ1) is 26.3. The van der Waals surface area contributed by atoms with Crippen LogP contribution in [0.25, 0.3) is 0 Å². The Morgan fingerprint density at radius 2 is 1.75 bits per heavy atom. The van der Waals surface area contributed by atoms with E-state index in [2.05, 4.69) is 15.5 Å². The smallest absolute Gasteiger partial charge is 0.339 e. The Bertz CT molecular complexity index is 1250. The minimum atomic E-state index is -0.549. The molecule has 10 heteroatoms. The summed E-state index contributed by atoms with van der Waals surface area (Å²) in [6, 6.07) is 21.6. The number of para-hydroxylation sites is 1. The second kappa shape index (κ2) is 13.5. The fraction of sp³-hybridized carbons (Fsp3) is 0.154. The molecule has 0 fully saturated rings. The number of anilines is 1. The quantitative estimate of drug-likeness (QED) is 0.184. The number of hydrogen-bond donors (Lipinski definition) is 2. The molecule has 0 aliphatic rings. The van der Waals surface area contributed by atoms with E-state index in [4.69, 9.17) is 19.9 Å². The zero-order valence-corrected chi connectivity index (χ0v) is 20.7. The van der Waals surface area contributed by atoms with Crippen molar-refractivity contribution < 1.29 is 23.8 Å². The van der Waals surface area contributed by atoms with Crippen LogP contribution in [0.2, 0.25) is 0 Å². The summed E-state index contributed by atoms with van der Waals surface area (Å²) in [4.78, 5) is 24.3. The molecule has 1 amide bonds. The fourth-order valence-corrected chi connectivity index (χ4v) is 3.62. The highest BCUT2D eigenvalue weighted by atomic mass is 32.2. The number of hydrogen-bond acceptors (Lipinski definition) is 8. The molecule has 0 heterocycles. The Kier molecular flexibility index (Phi) is 9.89. The van der Waals surface area contributed by atoms with Crippen LogP contribution < -0.4 is 20.5 Å². The number of thioether (sulfide) groups is 1. The zero-order valence-electron chi connectivity index (χ0n) is 19.8. The number of benzene rings is 3. The van der Waals surface area contributed by atoms with Crippen LogP contribution in [0.5, 0.6) is 11.5 Å². The Balaban J connectivity index is 1.56. The van der Waals surface area contributed by atoms with Crippen molar-refractivity contribution in [1.82, 2.24) is 0 Å². The number of esters is 1. The molecular formula is C26H26N4O5S. The molecule has 186 valence electrons. The topological polar surface area (TPSA) is 125 Å². The standard InChI is InChI=1S/C26H26N4O5S/c1-33-23-14-19(15-28-30-26(27)36-17-18-8-4-3-5-9-18)12-13-22(23)35-16-24(31)29-21-11-7-6-10-20(21)25(32)34-2/h3-15H,16-17H2,1-2H3,(H2,27,30)(H,29,31). The van der Waals surface area contributed by atoms with Crippen LogP contribution in [0.15, 0.2) is 83.0 Å². The minimum absolute atomic E-state index is 0.247. The normalized spacial score (nSPS) is 11.2. The maximum Gasteiger partial charge on any atom is 0.339 e. The predicted octanol–water partition coefficient (Wildman–Crippen LogP) is 4.08. The molecule has 0 aliphatic carbocycles. The van der Waals surface area contributed by atoms with E-state index in [-0.39, 0.29) is 12.2 Å². The Labute approximate surface area is 213 Å². The van der Waals surface area contributed by atoms with Crippen LogP contribution in [0.1, 0.15) is 21.5 Å². The van der Waals surface area contributed by atoms with E-state index >= 15 is 0 Å². The minimum Gasteiger partial charge on any atom is -0.493 e. The molecule has 0 bridgehead atoms. The molecule has 0 saturated heterocycles. The summed E-state index contributed by atoms with van der Waals surface area (Å²) in [7, 11) is 2.77. The first-order valence-corrected chi connectivity index (χ1v) is 11.8. The predicted molar refractivity (Wildman–Crippen MR) is 142 cm³/mol. The van der Waals surface area contributed by atoms with Crippen molar-refractivity contribution in [3.05, 3.63) is 89.5 Å². The first-order chi connectivity index (χ1) is 17.5. The van der Waals surface area contributed by atoms with E-state index in [0.717, 1.165) is 5.56 Å². The van der Waals surface area contributed by atoms with E-state index < -0.39 is 11.9 Å². The summed E-state index contributed by atoms with van der Waals surface area (Å²) in [6.07, 6.45) is 1.54. The molecule has 3 aromatic carbocycles. The van der Waals surface area contributed by atoms with Crippen LogP contribution in [-0.2, 0) is 15.3 Å². The molecule has 3 rings (SSSR count). The number of nitrogens with two attached hydrogens (primary N) is 1. The lowest BCUT2D eigenvalue weighted by atomic mass is 10.2. The van der Waals surface area contributed by atoms with Crippen molar-refractivity contribution in [3.8, 4) is 11.5 Å². The van der Waals surface area contributed by atoms with Crippen LogP contribution in [-0.4, -0.2) is 44.1 Å².